The van der Waals surface area contributed by atoms with Gasteiger partial charge in [0.1, 0.15) is 0 Å². The second kappa shape index (κ2) is 6.45. The molecular formula is C17H19N3O4S. The van der Waals surface area contributed by atoms with Crippen molar-refractivity contribution >= 4 is 21.6 Å². The van der Waals surface area contributed by atoms with Gasteiger partial charge in [-0.15, -0.1) is 0 Å². The second-order valence-electron chi connectivity index (χ2n) is 6.07. The first kappa shape index (κ1) is 17.4. The number of benzene rings is 1. The first-order chi connectivity index (χ1) is 11.8. The first-order valence-electron chi connectivity index (χ1n) is 7.83. The molecule has 0 fully saturated rings. The number of aromatic nitrogens is 1. The minimum atomic E-state index is -3.69. The van der Waals surface area contributed by atoms with Crippen LogP contribution < -0.4 is 10.9 Å². The molecule has 2 heterocycles. The van der Waals surface area contributed by atoms with Crippen molar-refractivity contribution in [3.8, 4) is 0 Å². The number of hydrogen-bond donors (Lipinski definition) is 1. The molecule has 1 aromatic heterocycles. The number of nitrogens with one attached hydrogen (secondary N) is 1. The summed E-state index contributed by atoms with van der Waals surface area (Å²) in [5, 5.41) is 2.59. The number of nitrogens with zero attached hydrogens (tertiary/aromatic N) is 2. The van der Waals surface area contributed by atoms with Gasteiger partial charge in [0.2, 0.25) is 15.9 Å². The van der Waals surface area contributed by atoms with Gasteiger partial charge in [0.25, 0.3) is 5.56 Å². The zero-order valence-corrected chi connectivity index (χ0v) is 14.8. The molecule has 2 aromatic rings. The van der Waals surface area contributed by atoms with Crippen LogP contribution in [-0.2, 0) is 34.8 Å². The van der Waals surface area contributed by atoms with Gasteiger partial charge in [-0.25, -0.2) is 8.42 Å². The Balaban J connectivity index is 1.92. The van der Waals surface area contributed by atoms with Gasteiger partial charge in [0.15, 0.2) is 0 Å². The molecule has 1 aromatic carbocycles. The van der Waals surface area contributed by atoms with Gasteiger partial charge in [-0.3, -0.25) is 9.59 Å². The van der Waals surface area contributed by atoms with Gasteiger partial charge in [-0.1, -0.05) is 6.07 Å². The molecule has 25 heavy (non-hydrogen) atoms. The third kappa shape index (κ3) is 3.49. The van der Waals surface area contributed by atoms with Crippen molar-refractivity contribution in [1.82, 2.24) is 8.87 Å². The maximum absolute atomic E-state index is 12.9. The number of carbonyl (C=O) groups excluding carboxylic acids is 1. The Morgan fingerprint density at radius 3 is 2.68 bits per heavy atom. The van der Waals surface area contributed by atoms with E-state index in [0.717, 1.165) is 11.1 Å². The predicted octanol–water partition coefficient (Wildman–Crippen LogP) is 1.09. The summed E-state index contributed by atoms with van der Waals surface area (Å²) in [4.78, 5) is 23.0. The minimum Gasteiger partial charge on any atom is -0.326 e. The molecule has 0 unspecified atom stereocenters. The molecule has 0 aliphatic carbocycles. The summed E-state index contributed by atoms with van der Waals surface area (Å²) in [5.41, 5.74) is 2.06. The smallest absolute Gasteiger partial charge is 0.250 e. The highest BCUT2D eigenvalue weighted by Crippen LogP contribution is 2.25. The van der Waals surface area contributed by atoms with E-state index in [-0.39, 0.29) is 22.9 Å². The predicted molar refractivity (Wildman–Crippen MR) is 93.7 cm³/mol. The summed E-state index contributed by atoms with van der Waals surface area (Å²) in [6.45, 7) is 1.90. The van der Waals surface area contributed by atoms with Crippen LogP contribution in [0.5, 0.6) is 0 Å². The van der Waals surface area contributed by atoms with Crippen molar-refractivity contribution in [2.45, 2.75) is 24.8 Å². The molecule has 0 radical (unpaired) electrons. The second-order valence-corrected chi connectivity index (χ2v) is 8.01. The van der Waals surface area contributed by atoms with Crippen LogP contribution in [-0.4, -0.2) is 29.7 Å². The van der Waals surface area contributed by atoms with Gasteiger partial charge in [0.05, 0.1) is 4.90 Å². The van der Waals surface area contributed by atoms with Crippen LogP contribution in [0, 0.1) is 0 Å². The normalized spacial score (nSPS) is 14.8. The van der Waals surface area contributed by atoms with Gasteiger partial charge in [-0.2, -0.15) is 4.31 Å². The monoisotopic (exact) mass is 361 g/mol. The fourth-order valence-electron chi connectivity index (χ4n) is 2.90. The van der Waals surface area contributed by atoms with Crippen LogP contribution in [0.25, 0.3) is 0 Å². The van der Waals surface area contributed by atoms with Crippen molar-refractivity contribution in [1.29, 1.82) is 0 Å². The third-order valence-electron chi connectivity index (χ3n) is 4.18. The highest BCUT2D eigenvalue weighted by Gasteiger charge is 2.29. The van der Waals surface area contributed by atoms with E-state index >= 15 is 0 Å². The quantitative estimate of drug-likeness (QED) is 0.886. The molecule has 1 aliphatic heterocycles. The Labute approximate surface area is 145 Å². The Morgan fingerprint density at radius 1 is 1.20 bits per heavy atom. The number of rotatable bonds is 3. The maximum atomic E-state index is 12.9. The SMILES string of the molecule is CC(=O)Nc1cccc(S(=O)(=O)N2CCc3cc(=O)n(C)cc3C2)c1. The van der Waals surface area contributed by atoms with Gasteiger partial charge >= 0.3 is 0 Å². The van der Waals surface area contributed by atoms with E-state index in [0.29, 0.717) is 18.7 Å². The van der Waals surface area contributed by atoms with Crippen LogP contribution in [0.4, 0.5) is 5.69 Å². The third-order valence-corrected chi connectivity index (χ3v) is 6.02. The summed E-state index contributed by atoms with van der Waals surface area (Å²) in [7, 11) is -2.05. The Kier molecular flexibility index (Phi) is 4.49. The van der Waals surface area contributed by atoms with E-state index < -0.39 is 10.0 Å². The van der Waals surface area contributed by atoms with Crippen molar-refractivity contribution in [3.63, 3.8) is 0 Å². The standard InChI is InChI=1S/C17H19N3O4S/c1-12(21)18-15-4-3-5-16(9-15)25(23,24)20-7-6-13-8-17(22)19(2)10-14(13)11-20/h3-5,8-10H,6-7,11H2,1-2H3,(H,18,21). The number of hydrogen-bond acceptors (Lipinski definition) is 4. The molecule has 3 rings (SSSR count). The maximum Gasteiger partial charge on any atom is 0.250 e. The Hall–Kier alpha value is -2.45. The summed E-state index contributed by atoms with van der Waals surface area (Å²) in [5.74, 6) is -0.262. The number of sulfonamides is 1. The Bertz CT molecular complexity index is 995. The van der Waals surface area contributed by atoms with E-state index in [1.807, 2.05) is 0 Å². The van der Waals surface area contributed by atoms with Crippen LogP contribution in [0.1, 0.15) is 18.1 Å². The highest BCUT2D eigenvalue weighted by molar-refractivity contribution is 7.89. The molecular weight excluding hydrogens is 342 g/mol. The molecule has 0 bridgehead atoms. The van der Waals surface area contributed by atoms with E-state index in [2.05, 4.69) is 5.32 Å². The molecule has 7 nitrogen and oxygen atoms in total. The molecule has 0 atom stereocenters. The van der Waals surface area contributed by atoms with Gasteiger partial charge < -0.3 is 9.88 Å². The fraction of sp³-hybridized carbons (Fsp3) is 0.294. The van der Waals surface area contributed by atoms with Gasteiger partial charge in [0, 0.05) is 45.0 Å². The molecule has 0 spiro atoms. The van der Waals surface area contributed by atoms with Crippen LogP contribution in [0.3, 0.4) is 0 Å². The molecule has 8 heteroatoms. The van der Waals surface area contributed by atoms with Crippen LogP contribution in [0.15, 0.2) is 46.2 Å². The fourth-order valence-corrected chi connectivity index (χ4v) is 4.37. The van der Waals surface area contributed by atoms with Crippen molar-refractivity contribution in [3.05, 3.63) is 58.0 Å². The van der Waals surface area contributed by atoms with Crippen molar-refractivity contribution < 1.29 is 13.2 Å². The van der Waals surface area contributed by atoms with E-state index in [9.17, 15) is 18.0 Å². The van der Waals surface area contributed by atoms with Crippen LogP contribution in [0.2, 0.25) is 0 Å². The number of carbonyl (C=O) groups is 1. The highest BCUT2D eigenvalue weighted by atomic mass is 32.2. The number of pyridine rings is 1. The van der Waals surface area contributed by atoms with Crippen molar-refractivity contribution in [2.75, 3.05) is 11.9 Å². The van der Waals surface area contributed by atoms with Crippen LogP contribution >= 0.6 is 0 Å². The molecule has 132 valence electrons. The lowest BCUT2D eigenvalue weighted by molar-refractivity contribution is -0.114. The average Bonchev–Trinajstić information content (AvgIpc) is 2.55. The minimum absolute atomic E-state index is 0.0990. The van der Waals surface area contributed by atoms with Crippen molar-refractivity contribution in [2.24, 2.45) is 7.05 Å². The topological polar surface area (TPSA) is 88.5 Å². The number of aryl methyl sites for hydroxylation is 1. The Morgan fingerprint density at radius 2 is 1.96 bits per heavy atom. The van der Waals surface area contributed by atoms with E-state index in [1.165, 1.54) is 27.9 Å². The summed E-state index contributed by atoms with van der Waals surface area (Å²) in [6, 6.07) is 7.77. The summed E-state index contributed by atoms with van der Waals surface area (Å²) in [6.07, 6.45) is 2.18. The number of anilines is 1. The largest absolute Gasteiger partial charge is 0.326 e. The van der Waals surface area contributed by atoms with Gasteiger partial charge in [-0.05, 0) is 35.7 Å². The number of amides is 1. The summed E-state index contributed by atoms with van der Waals surface area (Å²) < 4.78 is 28.7. The molecule has 1 amide bonds. The first-order valence-corrected chi connectivity index (χ1v) is 9.27. The lowest BCUT2D eigenvalue weighted by Crippen LogP contribution is -2.37. The lowest BCUT2D eigenvalue weighted by Gasteiger charge is -2.28. The van der Waals surface area contributed by atoms with E-state index in [1.54, 1.807) is 31.4 Å². The summed E-state index contributed by atoms with van der Waals surface area (Å²) >= 11 is 0. The number of fused-ring (bicyclic) bond motifs is 1. The lowest BCUT2D eigenvalue weighted by atomic mass is 10.0. The zero-order valence-electron chi connectivity index (χ0n) is 14.0. The molecule has 0 saturated heterocycles. The molecule has 0 saturated carbocycles. The van der Waals surface area contributed by atoms with E-state index in [4.69, 9.17) is 0 Å². The average molecular weight is 361 g/mol. The molecule has 1 aliphatic rings. The zero-order chi connectivity index (χ0) is 18.2. The molecule has 1 N–H and O–H groups in total.